The van der Waals surface area contributed by atoms with Gasteiger partial charge in [0.05, 0.1) is 18.6 Å². The van der Waals surface area contributed by atoms with Crippen LogP contribution in [0.25, 0.3) is 17.1 Å². The van der Waals surface area contributed by atoms with Gasteiger partial charge in [-0.1, -0.05) is 6.08 Å². The quantitative estimate of drug-likeness (QED) is 0.361. The highest BCUT2D eigenvalue weighted by molar-refractivity contribution is 5.94. The van der Waals surface area contributed by atoms with E-state index < -0.39 is 5.41 Å². The number of fused-ring (bicyclic) bond motifs is 3. The Balaban J connectivity index is 1.22. The highest BCUT2D eigenvalue weighted by Gasteiger charge is 2.39. The molecule has 200 valence electrons. The van der Waals surface area contributed by atoms with Crippen LogP contribution in [0.1, 0.15) is 48.1 Å². The van der Waals surface area contributed by atoms with Gasteiger partial charge in [-0.15, -0.1) is 0 Å². The van der Waals surface area contributed by atoms with Crippen LogP contribution in [0.3, 0.4) is 0 Å². The van der Waals surface area contributed by atoms with Gasteiger partial charge in [-0.25, -0.2) is 9.97 Å². The summed E-state index contributed by atoms with van der Waals surface area (Å²) in [5.41, 5.74) is 12.0. The number of nitrogen functional groups attached to an aromatic ring is 1. The van der Waals surface area contributed by atoms with Gasteiger partial charge in [0, 0.05) is 72.3 Å². The number of morpholine rings is 1. The summed E-state index contributed by atoms with van der Waals surface area (Å²) in [6.07, 6.45) is 18.7. The molecule has 9 nitrogen and oxygen atoms in total. The van der Waals surface area contributed by atoms with E-state index in [1.807, 2.05) is 24.7 Å². The average molecular weight is 523 g/mol. The van der Waals surface area contributed by atoms with Crippen LogP contribution in [0.2, 0.25) is 0 Å². The minimum atomic E-state index is -0.479. The Labute approximate surface area is 227 Å². The lowest BCUT2D eigenvalue weighted by molar-refractivity contribution is 0.00791. The number of anilines is 2. The first-order valence-electron chi connectivity index (χ1n) is 13.9. The largest absolute Gasteiger partial charge is 0.398 e. The van der Waals surface area contributed by atoms with Crippen LogP contribution in [0.15, 0.2) is 55.4 Å². The lowest BCUT2D eigenvalue weighted by atomic mass is 9.68. The second-order valence-corrected chi connectivity index (χ2v) is 10.9. The number of allylic oxidation sites excluding steroid dienone is 1. The summed E-state index contributed by atoms with van der Waals surface area (Å²) in [5, 5.41) is 4.88. The predicted molar refractivity (Wildman–Crippen MR) is 152 cm³/mol. The van der Waals surface area contributed by atoms with Crippen LogP contribution in [0, 0.1) is 0 Å². The number of pyridine rings is 2. The highest BCUT2D eigenvalue weighted by Crippen LogP contribution is 2.45. The Morgan fingerprint density at radius 2 is 1.79 bits per heavy atom. The van der Waals surface area contributed by atoms with Gasteiger partial charge in [0.25, 0.3) is 0 Å². The molecule has 7 rings (SSSR count). The van der Waals surface area contributed by atoms with Crippen LogP contribution in [0.4, 0.5) is 11.5 Å². The monoisotopic (exact) mass is 522 g/mol. The van der Waals surface area contributed by atoms with Gasteiger partial charge in [0.2, 0.25) is 0 Å². The maximum absolute atomic E-state index is 6.56. The van der Waals surface area contributed by atoms with Crippen molar-refractivity contribution >= 4 is 28.6 Å². The number of aromatic amines is 1. The van der Waals surface area contributed by atoms with E-state index in [0.29, 0.717) is 18.5 Å². The van der Waals surface area contributed by atoms with E-state index >= 15 is 0 Å². The number of hydrogen-bond acceptors (Lipinski definition) is 8. The molecule has 9 heteroatoms. The summed E-state index contributed by atoms with van der Waals surface area (Å²) in [7, 11) is 0. The molecule has 1 aliphatic heterocycles. The predicted octanol–water partition coefficient (Wildman–Crippen LogP) is 3.94. The fraction of sp³-hybridized carbons (Fsp3) is 0.400. The lowest BCUT2D eigenvalue weighted by Gasteiger charge is -2.39. The average Bonchev–Trinajstić information content (AvgIpc) is 3.37. The molecule has 1 unspecified atom stereocenters. The molecule has 4 N–H and O–H groups in total. The van der Waals surface area contributed by atoms with E-state index in [2.05, 4.69) is 54.4 Å². The third-order valence-corrected chi connectivity index (χ3v) is 8.85. The Morgan fingerprint density at radius 3 is 2.59 bits per heavy atom. The Hall–Kier alpha value is -3.82. The molecule has 0 radical (unpaired) electrons. The molecule has 1 saturated carbocycles. The number of nitrogens with one attached hydrogen (secondary N) is 2. The molecule has 0 amide bonds. The molecule has 2 aliphatic carbocycles. The molecular formula is C30H34N8O. The van der Waals surface area contributed by atoms with Crippen molar-refractivity contribution in [3.63, 3.8) is 0 Å². The first-order valence-corrected chi connectivity index (χ1v) is 13.9. The molecule has 4 aromatic rings. The summed E-state index contributed by atoms with van der Waals surface area (Å²) < 4.78 is 5.56. The molecule has 4 aromatic heterocycles. The van der Waals surface area contributed by atoms with Crippen molar-refractivity contribution in [3.8, 4) is 0 Å². The van der Waals surface area contributed by atoms with Crippen LogP contribution >= 0.6 is 0 Å². The van der Waals surface area contributed by atoms with Crippen molar-refractivity contribution in [2.45, 2.75) is 49.6 Å². The van der Waals surface area contributed by atoms with Gasteiger partial charge in [0.15, 0.2) is 0 Å². The molecule has 0 bridgehead atoms. The third-order valence-electron chi connectivity index (χ3n) is 8.85. The van der Waals surface area contributed by atoms with E-state index in [0.717, 1.165) is 78.5 Å². The second kappa shape index (κ2) is 10.1. The van der Waals surface area contributed by atoms with Crippen molar-refractivity contribution < 1.29 is 4.74 Å². The standard InChI is InChI=1S/C30H34N8O/c31-25-8-12-33-18-24(25)30(20-6-10-32-11-7-20)9-5-26-23(17-30)27-28(34-19-35-29(27)37-26)36-21-1-3-22(4-2-21)38-13-15-39-16-14-38/h5-12,18-19,21-22H,1-4,13-17H2,(H2,31,33)(H2,34,35,36,37). The molecular weight excluding hydrogens is 488 g/mol. The molecule has 39 heavy (non-hydrogen) atoms. The molecule has 0 aromatic carbocycles. The van der Waals surface area contributed by atoms with Crippen molar-refractivity contribution in [2.24, 2.45) is 0 Å². The van der Waals surface area contributed by atoms with Gasteiger partial charge in [-0.05, 0) is 67.5 Å². The van der Waals surface area contributed by atoms with Crippen LogP contribution in [0.5, 0.6) is 0 Å². The number of rotatable bonds is 5. The Bertz CT molecular complexity index is 1490. The van der Waals surface area contributed by atoms with E-state index in [1.54, 1.807) is 12.5 Å². The molecule has 1 saturated heterocycles. The van der Waals surface area contributed by atoms with Gasteiger partial charge >= 0.3 is 0 Å². The zero-order chi connectivity index (χ0) is 26.2. The van der Waals surface area contributed by atoms with Crippen molar-refractivity contribution in [1.29, 1.82) is 0 Å². The number of hydrogen-bond donors (Lipinski definition) is 3. The molecule has 3 aliphatic rings. The smallest absolute Gasteiger partial charge is 0.143 e. The molecule has 5 heterocycles. The lowest BCUT2D eigenvalue weighted by Crippen LogP contribution is -2.46. The van der Waals surface area contributed by atoms with Crippen molar-refractivity contribution in [2.75, 3.05) is 37.4 Å². The number of ether oxygens (including phenoxy) is 1. The maximum atomic E-state index is 6.56. The number of H-pyrrole nitrogens is 1. The summed E-state index contributed by atoms with van der Waals surface area (Å²) in [6, 6.07) is 7.07. The van der Waals surface area contributed by atoms with Crippen LogP contribution in [-0.4, -0.2) is 68.2 Å². The zero-order valence-corrected chi connectivity index (χ0v) is 22.0. The molecule has 0 spiro atoms. The third kappa shape index (κ3) is 4.35. The minimum Gasteiger partial charge on any atom is -0.398 e. The van der Waals surface area contributed by atoms with Gasteiger partial charge in [0.1, 0.15) is 17.8 Å². The number of nitrogens with two attached hydrogens (primary N) is 1. The van der Waals surface area contributed by atoms with Gasteiger partial charge < -0.3 is 20.8 Å². The summed E-state index contributed by atoms with van der Waals surface area (Å²) in [5.74, 6) is 0.908. The van der Waals surface area contributed by atoms with E-state index in [1.165, 1.54) is 18.4 Å². The first kappa shape index (κ1) is 24.2. The second-order valence-electron chi connectivity index (χ2n) is 10.9. The topological polar surface area (TPSA) is 118 Å². The highest BCUT2D eigenvalue weighted by atomic mass is 16.5. The first-order chi connectivity index (χ1) is 19.2. The SMILES string of the molecule is Nc1ccncc1C1(c2ccncc2)C=Cc2[nH]c3ncnc(NC4CCC(N5CCOCC5)CC4)c3c2C1. The summed E-state index contributed by atoms with van der Waals surface area (Å²) in [4.78, 5) is 24.3. The minimum absolute atomic E-state index is 0.393. The summed E-state index contributed by atoms with van der Waals surface area (Å²) >= 11 is 0. The number of aromatic nitrogens is 5. The fourth-order valence-electron chi connectivity index (χ4n) is 6.79. The Kier molecular flexibility index (Phi) is 6.25. The van der Waals surface area contributed by atoms with E-state index in [4.69, 9.17) is 15.5 Å². The van der Waals surface area contributed by atoms with E-state index in [-0.39, 0.29) is 0 Å². The maximum Gasteiger partial charge on any atom is 0.143 e. The van der Waals surface area contributed by atoms with Crippen molar-refractivity contribution in [3.05, 3.63) is 77.8 Å². The fourth-order valence-corrected chi connectivity index (χ4v) is 6.79. The van der Waals surface area contributed by atoms with Crippen molar-refractivity contribution in [1.82, 2.24) is 29.8 Å². The summed E-state index contributed by atoms with van der Waals surface area (Å²) in [6.45, 7) is 3.82. The van der Waals surface area contributed by atoms with E-state index in [9.17, 15) is 0 Å². The van der Waals surface area contributed by atoms with Crippen LogP contribution < -0.4 is 11.1 Å². The number of nitrogens with zero attached hydrogens (tertiary/aromatic N) is 5. The zero-order valence-electron chi connectivity index (χ0n) is 22.0. The molecule has 1 atom stereocenters. The Morgan fingerprint density at radius 1 is 1.00 bits per heavy atom. The van der Waals surface area contributed by atoms with Crippen LogP contribution in [-0.2, 0) is 16.6 Å². The van der Waals surface area contributed by atoms with Gasteiger partial charge in [-0.3, -0.25) is 14.9 Å². The normalized spacial score (nSPS) is 25.4. The van der Waals surface area contributed by atoms with Gasteiger partial charge in [-0.2, -0.15) is 0 Å². The molecule has 2 fully saturated rings.